The summed E-state index contributed by atoms with van der Waals surface area (Å²) >= 11 is 0. The lowest BCUT2D eigenvalue weighted by Gasteiger charge is -2.36. The van der Waals surface area contributed by atoms with Crippen LogP contribution in [0.2, 0.25) is 0 Å². The van der Waals surface area contributed by atoms with Gasteiger partial charge in [-0.25, -0.2) is 0 Å². The van der Waals surface area contributed by atoms with E-state index in [2.05, 4.69) is 57.9 Å². The van der Waals surface area contributed by atoms with Gasteiger partial charge in [0.15, 0.2) is 0 Å². The molecule has 0 radical (unpaired) electrons. The van der Waals surface area contributed by atoms with Gasteiger partial charge in [0.2, 0.25) is 0 Å². The highest BCUT2D eigenvalue weighted by atomic mass is 16.3. The Bertz CT molecular complexity index is 405. The SMILES string of the molecule is CCC(C)(CNC(C)(C)C)CN(C)Cc1ccoc1C. The monoisotopic (exact) mass is 280 g/mol. The molecule has 0 fully saturated rings. The Kier molecular flexibility index (Phi) is 5.84. The van der Waals surface area contributed by atoms with E-state index < -0.39 is 0 Å². The van der Waals surface area contributed by atoms with E-state index in [0.29, 0.717) is 5.41 Å². The van der Waals surface area contributed by atoms with Crippen molar-refractivity contribution in [2.45, 2.75) is 60.0 Å². The van der Waals surface area contributed by atoms with Crippen LogP contribution in [0.15, 0.2) is 16.7 Å². The van der Waals surface area contributed by atoms with Crippen LogP contribution in [0.1, 0.15) is 52.4 Å². The Morgan fingerprint density at radius 1 is 1.25 bits per heavy atom. The molecule has 1 aromatic heterocycles. The maximum atomic E-state index is 5.38. The van der Waals surface area contributed by atoms with Gasteiger partial charge in [-0.1, -0.05) is 13.8 Å². The molecule has 3 heteroatoms. The maximum absolute atomic E-state index is 5.38. The quantitative estimate of drug-likeness (QED) is 0.823. The van der Waals surface area contributed by atoms with Crippen LogP contribution in [0.3, 0.4) is 0 Å². The standard InChI is InChI=1S/C17H32N2O/c1-8-17(6,12-18-16(3,4)5)13-19(7)11-15-9-10-20-14(15)2/h9-10,18H,8,11-13H2,1-7H3. The van der Waals surface area contributed by atoms with Crippen molar-refractivity contribution < 1.29 is 4.42 Å². The summed E-state index contributed by atoms with van der Waals surface area (Å²) in [4.78, 5) is 2.39. The Morgan fingerprint density at radius 2 is 1.90 bits per heavy atom. The summed E-state index contributed by atoms with van der Waals surface area (Å²) in [7, 11) is 2.19. The van der Waals surface area contributed by atoms with E-state index in [1.165, 1.54) is 12.0 Å². The molecule has 1 heterocycles. The number of nitrogens with one attached hydrogen (secondary N) is 1. The molecule has 1 atom stereocenters. The molecule has 0 aliphatic heterocycles. The lowest BCUT2D eigenvalue weighted by atomic mass is 9.86. The second-order valence-corrected chi connectivity index (χ2v) is 7.44. The van der Waals surface area contributed by atoms with Gasteiger partial charge in [0.25, 0.3) is 0 Å². The van der Waals surface area contributed by atoms with E-state index in [0.717, 1.165) is 25.4 Å². The van der Waals surface area contributed by atoms with E-state index in [9.17, 15) is 0 Å². The number of hydrogen-bond acceptors (Lipinski definition) is 3. The molecule has 0 aromatic carbocycles. The van der Waals surface area contributed by atoms with Crippen LogP contribution in [0, 0.1) is 12.3 Å². The van der Waals surface area contributed by atoms with Gasteiger partial charge < -0.3 is 14.6 Å². The summed E-state index contributed by atoms with van der Waals surface area (Å²) in [6.07, 6.45) is 2.95. The minimum Gasteiger partial charge on any atom is -0.469 e. The molecular weight excluding hydrogens is 248 g/mol. The van der Waals surface area contributed by atoms with Gasteiger partial charge >= 0.3 is 0 Å². The van der Waals surface area contributed by atoms with Crippen molar-refractivity contribution in [1.29, 1.82) is 0 Å². The molecule has 0 bridgehead atoms. The van der Waals surface area contributed by atoms with E-state index in [-0.39, 0.29) is 5.54 Å². The Morgan fingerprint density at radius 3 is 2.35 bits per heavy atom. The van der Waals surface area contributed by atoms with Gasteiger partial charge in [-0.15, -0.1) is 0 Å². The zero-order valence-electron chi connectivity index (χ0n) is 14.3. The third kappa shape index (κ3) is 5.68. The molecular formula is C17H32N2O. The predicted molar refractivity (Wildman–Crippen MR) is 85.9 cm³/mol. The highest BCUT2D eigenvalue weighted by Gasteiger charge is 2.26. The highest BCUT2D eigenvalue weighted by molar-refractivity contribution is 5.15. The first-order valence-electron chi connectivity index (χ1n) is 7.62. The fourth-order valence-corrected chi connectivity index (χ4v) is 2.34. The average molecular weight is 280 g/mol. The van der Waals surface area contributed by atoms with E-state index >= 15 is 0 Å². The molecule has 1 unspecified atom stereocenters. The molecule has 0 saturated heterocycles. The largest absolute Gasteiger partial charge is 0.469 e. The third-order valence-electron chi connectivity index (χ3n) is 3.96. The molecule has 20 heavy (non-hydrogen) atoms. The Labute approximate surface area is 124 Å². The highest BCUT2D eigenvalue weighted by Crippen LogP contribution is 2.23. The smallest absolute Gasteiger partial charge is 0.105 e. The van der Waals surface area contributed by atoms with Gasteiger partial charge in [0.05, 0.1) is 6.26 Å². The first kappa shape index (κ1) is 17.3. The second kappa shape index (κ2) is 6.77. The van der Waals surface area contributed by atoms with E-state index in [1.54, 1.807) is 6.26 Å². The fraction of sp³-hybridized carbons (Fsp3) is 0.765. The summed E-state index contributed by atoms with van der Waals surface area (Å²) < 4.78 is 5.38. The number of nitrogens with zero attached hydrogens (tertiary/aromatic N) is 1. The van der Waals surface area contributed by atoms with Crippen LogP contribution in [0.25, 0.3) is 0 Å². The first-order valence-corrected chi connectivity index (χ1v) is 7.62. The molecule has 0 saturated carbocycles. The summed E-state index contributed by atoms with van der Waals surface area (Å²) in [6, 6.07) is 2.07. The van der Waals surface area contributed by atoms with Crippen molar-refractivity contribution in [1.82, 2.24) is 10.2 Å². The van der Waals surface area contributed by atoms with Gasteiger partial charge in [-0.05, 0) is 52.6 Å². The molecule has 0 aliphatic rings. The van der Waals surface area contributed by atoms with Crippen LogP contribution in [-0.4, -0.2) is 30.6 Å². The van der Waals surface area contributed by atoms with Crippen molar-refractivity contribution >= 4 is 0 Å². The molecule has 1 aromatic rings. The number of furan rings is 1. The minimum atomic E-state index is 0.177. The van der Waals surface area contributed by atoms with Crippen LogP contribution in [0.5, 0.6) is 0 Å². The number of hydrogen-bond donors (Lipinski definition) is 1. The fourth-order valence-electron chi connectivity index (χ4n) is 2.34. The van der Waals surface area contributed by atoms with E-state index in [4.69, 9.17) is 4.42 Å². The van der Waals surface area contributed by atoms with Crippen molar-refractivity contribution in [3.63, 3.8) is 0 Å². The Hall–Kier alpha value is -0.800. The number of aryl methyl sites for hydroxylation is 1. The zero-order valence-corrected chi connectivity index (χ0v) is 14.3. The second-order valence-electron chi connectivity index (χ2n) is 7.44. The lowest BCUT2D eigenvalue weighted by molar-refractivity contribution is 0.163. The lowest BCUT2D eigenvalue weighted by Crippen LogP contribution is -2.46. The molecule has 0 amide bonds. The normalized spacial score (nSPS) is 15.6. The average Bonchev–Trinajstić information content (AvgIpc) is 2.72. The molecule has 3 nitrogen and oxygen atoms in total. The van der Waals surface area contributed by atoms with Gasteiger partial charge in [0.1, 0.15) is 5.76 Å². The predicted octanol–water partition coefficient (Wildman–Crippen LogP) is 3.82. The molecule has 1 N–H and O–H groups in total. The van der Waals surface area contributed by atoms with Crippen LogP contribution < -0.4 is 5.32 Å². The van der Waals surface area contributed by atoms with Gasteiger partial charge in [-0.3, -0.25) is 0 Å². The van der Waals surface area contributed by atoms with Crippen molar-refractivity contribution in [3.05, 3.63) is 23.7 Å². The first-order chi connectivity index (χ1) is 9.15. The molecule has 0 spiro atoms. The van der Waals surface area contributed by atoms with Crippen molar-refractivity contribution in [2.75, 3.05) is 20.1 Å². The minimum absolute atomic E-state index is 0.177. The molecule has 1 rings (SSSR count). The van der Waals surface area contributed by atoms with Crippen LogP contribution in [0.4, 0.5) is 0 Å². The molecule has 116 valence electrons. The van der Waals surface area contributed by atoms with Crippen molar-refractivity contribution in [2.24, 2.45) is 5.41 Å². The maximum Gasteiger partial charge on any atom is 0.105 e. The summed E-state index contributed by atoms with van der Waals surface area (Å²) in [6.45, 7) is 16.4. The van der Waals surface area contributed by atoms with Crippen LogP contribution in [-0.2, 0) is 6.54 Å². The van der Waals surface area contributed by atoms with E-state index in [1.807, 2.05) is 6.92 Å². The van der Waals surface area contributed by atoms with Gasteiger partial charge in [-0.2, -0.15) is 0 Å². The van der Waals surface area contributed by atoms with Gasteiger partial charge in [0, 0.05) is 30.7 Å². The number of rotatable bonds is 7. The van der Waals surface area contributed by atoms with Crippen LogP contribution >= 0.6 is 0 Å². The summed E-state index contributed by atoms with van der Waals surface area (Å²) in [5.41, 5.74) is 1.75. The third-order valence-corrected chi connectivity index (χ3v) is 3.96. The Balaban J connectivity index is 2.56. The van der Waals surface area contributed by atoms with Crippen molar-refractivity contribution in [3.8, 4) is 0 Å². The molecule has 0 aliphatic carbocycles. The topological polar surface area (TPSA) is 28.4 Å². The summed E-state index contributed by atoms with van der Waals surface area (Å²) in [5.74, 6) is 1.03. The summed E-state index contributed by atoms with van der Waals surface area (Å²) in [5, 5.41) is 3.64. The zero-order chi connectivity index (χ0) is 15.4.